The van der Waals surface area contributed by atoms with Gasteiger partial charge in [-0.05, 0) is 36.8 Å². The van der Waals surface area contributed by atoms with Crippen LogP contribution in [0.2, 0.25) is 0 Å². The number of hydrogen-bond acceptors (Lipinski definition) is 4. The van der Waals surface area contributed by atoms with Gasteiger partial charge in [0.25, 0.3) is 0 Å². The molecule has 0 aromatic carbocycles. The Bertz CT molecular complexity index is 1830. The molecule has 224 valence electrons. The van der Waals surface area contributed by atoms with Gasteiger partial charge in [0.15, 0.2) is 0 Å². The van der Waals surface area contributed by atoms with Gasteiger partial charge in [-0.15, -0.1) is 47.3 Å². The third-order valence-corrected chi connectivity index (χ3v) is 8.06. The first-order valence-corrected chi connectivity index (χ1v) is 13.8. The van der Waals surface area contributed by atoms with Crippen LogP contribution in [0.3, 0.4) is 0 Å². The predicted octanol–water partition coefficient (Wildman–Crippen LogP) is 4.46. The third kappa shape index (κ3) is 5.91. The van der Waals surface area contributed by atoms with Crippen molar-refractivity contribution in [3.63, 3.8) is 0 Å². The maximum Gasteiger partial charge on any atom is 2.00 e. The second-order valence-corrected chi connectivity index (χ2v) is 10.6. The molecular formula is C34H32FeN4O4-4. The zero-order chi connectivity index (χ0) is 30.3. The van der Waals surface area contributed by atoms with Crippen LogP contribution in [0.15, 0.2) is 36.2 Å². The van der Waals surface area contributed by atoms with Crippen LogP contribution in [0.1, 0.15) is 75.9 Å². The maximum atomic E-state index is 11.5. The Kier molecular flexibility index (Phi) is 9.09. The number of carbonyl (C=O) groups is 2. The first kappa shape index (κ1) is 31.5. The fourth-order valence-electron chi connectivity index (χ4n) is 5.61. The molecule has 0 radical (unpaired) electrons. The summed E-state index contributed by atoms with van der Waals surface area (Å²) in [5.74, 6) is -0.912. The Balaban J connectivity index is 0.00000423. The van der Waals surface area contributed by atoms with Crippen LogP contribution in [0.4, 0.5) is 0 Å². The molecule has 5 rings (SSSR count). The van der Waals surface area contributed by atoms with Crippen molar-refractivity contribution in [2.75, 3.05) is 0 Å². The van der Waals surface area contributed by atoms with Gasteiger partial charge in [0.05, 0.1) is 0 Å². The molecule has 3 aromatic rings. The van der Waals surface area contributed by atoms with Gasteiger partial charge in [-0.2, -0.15) is 42.1 Å². The van der Waals surface area contributed by atoms with Crippen molar-refractivity contribution in [2.24, 2.45) is 0 Å². The molecule has 2 aliphatic rings. The second kappa shape index (κ2) is 12.4. The van der Waals surface area contributed by atoms with Crippen molar-refractivity contribution >= 4 is 36.2 Å². The summed E-state index contributed by atoms with van der Waals surface area (Å²) in [5, 5.41) is 25.1. The van der Waals surface area contributed by atoms with E-state index in [0.717, 1.165) is 62.0 Å². The largest absolute Gasteiger partial charge is 2.00 e. The van der Waals surface area contributed by atoms with E-state index in [-0.39, 0.29) is 29.9 Å². The van der Waals surface area contributed by atoms with E-state index in [1.807, 2.05) is 52.3 Å². The molecule has 43 heavy (non-hydrogen) atoms. The van der Waals surface area contributed by atoms with Crippen LogP contribution < -0.4 is 15.7 Å². The van der Waals surface area contributed by atoms with Gasteiger partial charge >= 0.3 is 29.0 Å². The Hall–Kier alpha value is -4.46. The van der Waals surface area contributed by atoms with Crippen LogP contribution in [0.5, 0.6) is 0 Å². The fourth-order valence-corrected chi connectivity index (χ4v) is 5.61. The smallest absolute Gasteiger partial charge is 0.738 e. The van der Waals surface area contributed by atoms with E-state index in [1.165, 1.54) is 0 Å². The molecule has 0 aliphatic carbocycles. The molecule has 0 amide bonds. The molecule has 0 saturated carbocycles. The van der Waals surface area contributed by atoms with Gasteiger partial charge in [-0.25, -0.2) is 23.3 Å². The zero-order valence-electron chi connectivity index (χ0n) is 24.6. The molecule has 8 nitrogen and oxygen atoms in total. The number of carboxylic acids is 2. The van der Waals surface area contributed by atoms with Crippen molar-refractivity contribution < 1.29 is 36.9 Å². The molecular weight excluding hydrogens is 584 g/mol. The first-order valence-electron chi connectivity index (χ1n) is 13.8. The summed E-state index contributed by atoms with van der Waals surface area (Å²) < 4.78 is 0. The third-order valence-electron chi connectivity index (χ3n) is 8.06. The van der Waals surface area contributed by atoms with Gasteiger partial charge < -0.3 is 36.2 Å². The standard InChI is InChI=1S/C34H34N4O4.Fe/c1-7-21-17(3)25-13-26-19(5)23(9-11-33(39)40)31(37-26)16-32-24(10-12-34(41)42)20(6)28(38-32)15-30-22(8-2)18(4)27(36-30)14-29(21)35-25;/h7-8,13-16H,1-2,9-12H2,3-6H3,(H4,35,36,37,38,39,40,41,42);/q-4;+2/p-2. The average molecular weight is 616 g/mol. The second-order valence-electron chi connectivity index (χ2n) is 10.6. The summed E-state index contributed by atoms with van der Waals surface area (Å²) in [6.45, 7) is 15.9. The number of fused-ring (bicyclic) bond motifs is 8. The summed E-state index contributed by atoms with van der Waals surface area (Å²) >= 11 is 0. The van der Waals surface area contributed by atoms with Crippen LogP contribution in [-0.2, 0) is 39.5 Å². The molecule has 0 atom stereocenters. The van der Waals surface area contributed by atoms with E-state index in [0.29, 0.717) is 40.6 Å². The van der Waals surface area contributed by atoms with E-state index in [2.05, 4.69) is 13.2 Å². The molecule has 2 aliphatic heterocycles. The molecule has 9 heteroatoms. The Morgan fingerprint density at radius 2 is 1.65 bits per heavy atom. The van der Waals surface area contributed by atoms with Crippen LogP contribution >= 0.6 is 0 Å². The van der Waals surface area contributed by atoms with Gasteiger partial charge in [0.1, 0.15) is 0 Å². The summed E-state index contributed by atoms with van der Waals surface area (Å²) in [6.07, 6.45) is 11.7. The number of carboxylic acid groups (broad SMARTS) is 2. The summed E-state index contributed by atoms with van der Waals surface area (Å²) in [7, 11) is 0. The van der Waals surface area contributed by atoms with E-state index in [1.54, 1.807) is 12.2 Å². The molecule has 5 heterocycles. The minimum Gasteiger partial charge on any atom is -0.738 e. The van der Waals surface area contributed by atoms with Gasteiger partial charge in [-0.3, -0.25) is 9.59 Å². The Morgan fingerprint density at radius 1 is 0.977 bits per heavy atom. The summed E-state index contributed by atoms with van der Waals surface area (Å²) in [4.78, 5) is 37.8. The number of rotatable bonds is 8. The number of nitrogens with zero attached hydrogens (tertiary/aromatic N) is 4. The summed E-state index contributed by atoms with van der Waals surface area (Å²) in [5.41, 5.74) is 10.4. The van der Waals surface area contributed by atoms with Gasteiger partial charge in [0, 0.05) is 12.8 Å². The van der Waals surface area contributed by atoms with Crippen molar-refractivity contribution in [3.05, 3.63) is 121 Å². The number of hydrogen-bond donors (Lipinski definition) is 2. The van der Waals surface area contributed by atoms with Crippen molar-refractivity contribution in [3.8, 4) is 0 Å². The maximum absolute atomic E-state index is 11.5. The molecule has 0 unspecified atom stereocenters. The van der Waals surface area contributed by atoms with E-state index in [9.17, 15) is 19.8 Å². The zero-order valence-corrected chi connectivity index (χ0v) is 25.7. The molecule has 8 bridgehead atoms. The molecule has 3 aromatic heterocycles. The van der Waals surface area contributed by atoms with Crippen LogP contribution in [0.25, 0.3) is 29.6 Å². The van der Waals surface area contributed by atoms with E-state index in [4.69, 9.17) is 20.3 Å². The minimum absolute atomic E-state index is 0. The van der Waals surface area contributed by atoms with Gasteiger partial charge in [-0.1, -0.05) is 25.0 Å². The first-order chi connectivity index (χ1) is 20.0. The predicted molar refractivity (Wildman–Crippen MR) is 163 cm³/mol. The SMILES string of the molecule is C=Cc1c2nc([c-]1C)C=c1[n-]c(c(CCC(=O)O)c1C)=Cc1nc([c-](C)c1CCC(=O)O)C=C1[N-]C(=C(C)[C-]1C=C)[CH-]2.[Fe+2]. The molecule has 0 fully saturated rings. The quantitative estimate of drug-likeness (QED) is 0.283. The number of aromatic nitrogens is 3. The normalized spacial score (nSPS) is 13.7. The topological polar surface area (TPSA) is 129 Å². The molecule has 0 spiro atoms. The van der Waals surface area contributed by atoms with Crippen molar-refractivity contribution in [1.29, 1.82) is 0 Å². The Morgan fingerprint density at radius 3 is 2.30 bits per heavy atom. The monoisotopic (exact) mass is 616 g/mol. The number of allylic oxidation sites excluding steroid dienone is 2. The van der Waals surface area contributed by atoms with E-state index < -0.39 is 11.9 Å². The van der Waals surface area contributed by atoms with Crippen LogP contribution in [-0.4, -0.2) is 32.1 Å². The number of aliphatic carboxylic acids is 2. The molecule has 0 saturated heterocycles. The van der Waals surface area contributed by atoms with E-state index >= 15 is 0 Å². The van der Waals surface area contributed by atoms with Crippen molar-refractivity contribution in [1.82, 2.24) is 15.0 Å². The molecule has 2 N–H and O–H groups in total. The summed E-state index contributed by atoms with van der Waals surface area (Å²) in [6, 6.07) is 0. The Labute approximate surface area is 261 Å². The average Bonchev–Trinajstić information content (AvgIpc) is 3.59. The van der Waals surface area contributed by atoms with Gasteiger partial charge in [0.2, 0.25) is 0 Å². The van der Waals surface area contributed by atoms with Crippen LogP contribution in [0, 0.1) is 33.1 Å². The van der Waals surface area contributed by atoms with Crippen molar-refractivity contribution in [2.45, 2.75) is 53.4 Å². The minimum atomic E-state index is -0.898. The fraction of sp³-hybridized carbons (Fsp3) is 0.235.